The minimum Gasteiger partial charge on any atom is -0.352 e. The number of aromatic nitrogens is 3. The molecule has 1 saturated carbocycles. The van der Waals surface area contributed by atoms with E-state index >= 15 is 0 Å². The summed E-state index contributed by atoms with van der Waals surface area (Å²) in [6, 6.07) is 19.1. The topological polar surface area (TPSA) is 42.7 Å². The molecule has 2 aromatic carbocycles. The highest BCUT2D eigenvalue weighted by atomic mass is 35.5. The lowest BCUT2D eigenvalue weighted by molar-refractivity contribution is 0.687. The van der Waals surface area contributed by atoms with Gasteiger partial charge >= 0.3 is 0 Å². The predicted octanol–water partition coefficient (Wildman–Crippen LogP) is 5.83. The van der Waals surface area contributed by atoms with Crippen LogP contribution in [-0.4, -0.2) is 14.8 Å². The molecule has 0 radical (unpaired) electrons. The van der Waals surface area contributed by atoms with E-state index in [1.54, 1.807) is 0 Å². The van der Waals surface area contributed by atoms with Crippen LogP contribution >= 0.6 is 12.4 Å². The van der Waals surface area contributed by atoms with Crippen LogP contribution in [0.3, 0.4) is 0 Å². The van der Waals surface area contributed by atoms with E-state index < -0.39 is 0 Å². The molecule has 0 aliphatic heterocycles. The van der Waals surface area contributed by atoms with Gasteiger partial charge in [-0.3, -0.25) is 9.67 Å². The van der Waals surface area contributed by atoms with E-state index in [9.17, 15) is 0 Å². The van der Waals surface area contributed by atoms with Gasteiger partial charge < -0.3 is 5.32 Å². The minimum absolute atomic E-state index is 0. The van der Waals surface area contributed by atoms with Crippen molar-refractivity contribution in [1.29, 1.82) is 0 Å². The minimum atomic E-state index is 0. The van der Waals surface area contributed by atoms with Crippen LogP contribution in [0.1, 0.15) is 35.6 Å². The maximum atomic E-state index is 4.88. The van der Waals surface area contributed by atoms with Gasteiger partial charge in [-0.1, -0.05) is 42.0 Å². The van der Waals surface area contributed by atoms with Gasteiger partial charge in [-0.15, -0.1) is 12.4 Å². The Labute approximate surface area is 171 Å². The molecule has 0 spiro atoms. The molecule has 4 aromatic rings. The third-order valence-electron chi connectivity index (χ3n) is 5.08. The Morgan fingerprint density at radius 1 is 1.07 bits per heavy atom. The standard InChI is InChI=1S/C23H22N4.ClH/c1-16-7-10-21-20(11-16)23(12-22(26-21)18-8-9-18)25-19-13-24-27(15-19)14-17-5-3-2-4-6-17;/h2-7,10-13,15,18H,8-9,14H2,1H3,(H,25,26);1H. The number of pyridine rings is 1. The molecule has 5 rings (SSSR count). The van der Waals surface area contributed by atoms with Crippen molar-refractivity contribution in [3.8, 4) is 0 Å². The highest BCUT2D eigenvalue weighted by Crippen LogP contribution is 2.41. The van der Waals surface area contributed by atoms with E-state index in [4.69, 9.17) is 4.98 Å². The number of rotatable bonds is 5. The monoisotopic (exact) mass is 390 g/mol. The molecule has 1 aliphatic carbocycles. The van der Waals surface area contributed by atoms with Gasteiger partial charge in [0.2, 0.25) is 0 Å². The first-order valence-corrected chi connectivity index (χ1v) is 9.49. The Morgan fingerprint density at radius 3 is 2.68 bits per heavy atom. The highest BCUT2D eigenvalue weighted by Gasteiger charge is 2.26. The molecule has 5 heteroatoms. The van der Waals surface area contributed by atoms with Crippen molar-refractivity contribution >= 4 is 34.7 Å². The average molecular weight is 391 g/mol. The summed E-state index contributed by atoms with van der Waals surface area (Å²) in [5.41, 5.74) is 6.86. The van der Waals surface area contributed by atoms with Crippen LogP contribution in [0.15, 0.2) is 67.0 Å². The first-order valence-electron chi connectivity index (χ1n) is 9.49. The predicted molar refractivity (Wildman–Crippen MR) is 117 cm³/mol. The van der Waals surface area contributed by atoms with Gasteiger partial charge in [0.25, 0.3) is 0 Å². The summed E-state index contributed by atoms with van der Waals surface area (Å²) < 4.78 is 1.97. The number of nitrogens with one attached hydrogen (secondary N) is 1. The lowest BCUT2D eigenvalue weighted by Crippen LogP contribution is -1.99. The maximum absolute atomic E-state index is 4.88. The average Bonchev–Trinajstić information content (AvgIpc) is 3.44. The van der Waals surface area contributed by atoms with Crippen molar-refractivity contribution in [2.24, 2.45) is 0 Å². The van der Waals surface area contributed by atoms with E-state index in [1.165, 1.54) is 29.7 Å². The lowest BCUT2D eigenvalue weighted by Gasteiger charge is -2.11. The van der Waals surface area contributed by atoms with Crippen molar-refractivity contribution in [3.05, 3.63) is 83.8 Å². The second-order valence-corrected chi connectivity index (χ2v) is 7.43. The van der Waals surface area contributed by atoms with Crippen molar-refractivity contribution in [2.75, 3.05) is 5.32 Å². The number of nitrogens with zero attached hydrogens (tertiary/aromatic N) is 3. The van der Waals surface area contributed by atoms with Gasteiger partial charge in [-0.2, -0.15) is 5.10 Å². The quantitative estimate of drug-likeness (QED) is 0.466. The van der Waals surface area contributed by atoms with Crippen LogP contribution in [0.4, 0.5) is 11.4 Å². The van der Waals surface area contributed by atoms with Gasteiger partial charge in [-0.25, -0.2) is 0 Å². The van der Waals surface area contributed by atoms with Crippen LogP contribution in [0, 0.1) is 6.92 Å². The second kappa shape index (κ2) is 7.64. The normalized spacial score (nSPS) is 13.3. The largest absolute Gasteiger partial charge is 0.352 e. The number of hydrogen-bond donors (Lipinski definition) is 1. The number of hydrogen-bond acceptors (Lipinski definition) is 3. The molecule has 1 fully saturated rings. The molecule has 0 unspecified atom stereocenters. The molecule has 142 valence electrons. The molecular formula is C23H23ClN4. The summed E-state index contributed by atoms with van der Waals surface area (Å²) in [5, 5.41) is 9.26. The summed E-state index contributed by atoms with van der Waals surface area (Å²) in [6.07, 6.45) is 6.45. The van der Waals surface area contributed by atoms with Gasteiger partial charge in [-0.05, 0) is 43.5 Å². The first-order chi connectivity index (χ1) is 13.2. The number of halogens is 1. The van der Waals surface area contributed by atoms with Gasteiger partial charge in [0.1, 0.15) is 0 Å². The van der Waals surface area contributed by atoms with E-state index in [-0.39, 0.29) is 12.4 Å². The SMILES string of the molecule is Cc1ccc2nc(C3CC3)cc(Nc3cnn(Cc4ccccc4)c3)c2c1.Cl. The fourth-order valence-electron chi connectivity index (χ4n) is 3.49. The molecule has 0 bridgehead atoms. The number of anilines is 2. The van der Waals surface area contributed by atoms with Crippen molar-refractivity contribution < 1.29 is 0 Å². The van der Waals surface area contributed by atoms with Gasteiger partial charge in [0.15, 0.2) is 0 Å². The third-order valence-corrected chi connectivity index (χ3v) is 5.08. The third kappa shape index (κ3) is 3.87. The summed E-state index contributed by atoms with van der Waals surface area (Å²) in [4.78, 5) is 4.88. The molecule has 2 aromatic heterocycles. The molecule has 2 heterocycles. The molecule has 28 heavy (non-hydrogen) atoms. The summed E-state index contributed by atoms with van der Waals surface area (Å²) in [6.45, 7) is 2.89. The number of aryl methyl sites for hydroxylation is 1. The number of benzene rings is 2. The summed E-state index contributed by atoms with van der Waals surface area (Å²) in [5.74, 6) is 0.622. The Kier molecular flexibility index (Phi) is 5.05. The Hall–Kier alpha value is -2.85. The molecule has 4 nitrogen and oxygen atoms in total. The van der Waals surface area contributed by atoms with Crippen molar-refractivity contribution in [1.82, 2.24) is 14.8 Å². The molecule has 0 atom stereocenters. The zero-order valence-electron chi connectivity index (χ0n) is 15.8. The van der Waals surface area contributed by atoms with E-state index in [2.05, 4.69) is 72.1 Å². The fourth-order valence-corrected chi connectivity index (χ4v) is 3.49. The van der Waals surface area contributed by atoms with Crippen LogP contribution < -0.4 is 5.32 Å². The summed E-state index contributed by atoms with van der Waals surface area (Å²) >= 11 is 0. The number of fused-ring (bicyclic) bond motifs is 1. The second-order valence-electron chi connectivity index (χ2n) is 7.43. The molecule has 0 amide bonds. The smallest absolute Gasteiger partial charge is 0.0770 e. The van der Waals surface area contributed by atoms with Crippen LogP contribution in [0.2, 0.25) is 0 Å². The van der Waals surface area contributed by atoms with Gasteiger partial charge in [0.05, 0.1) is 23.9 Å². The van der Waals surface area contributed by atoms with Crippen LogP contribution in [-0.2, 0) is 6.54 Å². The molecule has 1 N–H and O–H groups in total. The maximum Gasteiger partial charge on any atom is 0.0770 e. The summed E-state index contributed by atoms with van der Waals surface area (Å²) in [7, 11) is 0. The molecule has 1 aliphatic rings. The van der Waals surface area contributed by atoms with Gasteiger partial charge in [0, 0.05) is 28.9 Å². The molecular weight excluding hydrogens is 368 g/mol. The van der Waals surface area contributed by atoms with E-state index in [1.807, 2.05) is 16.9 Å². The Morgan fingerprint density at radius 2 is 1.89 bits per heavy atom. The molecule has 0 saturated heterocycles. The van der Waals surface area contributed by atoms with E-state index in [0.29, 0.717) is 5.92 Å². The Balaban J connectivity index is 0.00000192. The zero-order valence-corrected chi connectivity index (χ0v) is 16.6. The first kappa shape index (κ1) is 18.5. The lowest BCUT2D eigenvalue weighted by atomic mass is 10.1. The zero-order chi connectivity index (χ0) is 18.2. The van der Waals surface area contributed by atoms with Crippen LogP contribution in [0.25, 0.3) is 10.9 Å². The van der Waals surface area contributed by atoms with E-state index in [0.717, 1.165) is 28.8 Å². The van der Waals surface area contributed by atoms with Crippen molar-refractivity contribution in [2.45, 2.75) is 32.2 Å². The fraction of sp³-hybridized carbons (Fsp3) is 0.217. The highest BCUT2D eigenvalue weighted by molar-refractivity contribution is 5.93. The van der Waals surface area contributed by atoms with Crippen LogP contribution in [0.5, 0.6) is 0 Å². The Bertz CT molecular complexity index is 1100. The van der Waals surface area contributed by atoms with Crippen molar-refractivity contribution in [3.63, 3.8) is 0 Å².